The van der Waals surface area contributed by atoms with Crippen molar-refractivity contribution in [3.63, 3.8) is 0 Å². The maximum atomic E-state index is 12.6. The first-order valence-electron chi connectivity index (χ1n) is 10.5. The number of thioether (sulfide) groups is 1. The molecule has 176 valence electrons. The molecule has 1 atom stereocenters. The number of benzene rings is 2. The van der Waals surface area contributed by atoms with Crippen LogP contribution in [0.1, 0.15) is 39.1 Å². The summed E-state index contributed by atoms with van der Waals surface area (Å²) in [6.07, 6.45) is 0. The van der Waals surface area contributed by atoms with Crippen LogP contribution in [0.5, 0.6) is 11.5 Å². The van der Waals surface area contributed by atoms with Crippen molar-refractivity contribution < 1.29 is 14.3 Å². The van der Waals surface area contributed by atoms with Crippen LogP contribution in [-0.2, 0) is 11.4 Å². The average Bonchev–Trinajstić information content (AvgIpc) is 3.15. The topological polar surface area (TPSA) is 78.3 Å². The van der Waals surface area contributed by atoms with Gasteiger partial charge in [-0.25, -0.2) is 0 Å². The fourth-order valence-corrected chi connectivity index (χ4v) is 4.01. The third-order valence-corrected chi connectivity index (χ3v) is 6.14. The predicted molar refractivity (Wildman–Crippen MR) is 132 cm³/mol. The molecule has 33 heavy (non-hydrogen) atoms. The molecule has 2 aromatic carbocycles. The van der Waals surface area contributed by atoms with E-state index in [1.54, 1.807) is 7.11 Å². The molecule has 0 aliphatic heterocycles. The molecule has 9 heteroatoms. The quantitative estimate of drug-likeness (QED) is 0.438. The number of amides is 1. The van der Waals surface area contributed by atoms with Crippen LogP contribution < -0.4 is 14.8 Å². The largest absolute Gasteiger partial charge is 0.497 e. The second-order valence-electron chi connectivity index (χ2n) is 8.63. The Morgan fingerprint density at radius 3 is 2.42 bits per heavy atom. The molecule has 1 heterocycles. The highest BCUT2D eigenvalue weighted by Gasteiger charge is 2.24. The summed E-state index contributed by atoms with van der Waals surface area (Å²) in [5.41, 5.74) is 1.45. The lowest BCUT2D eigenvalue weighted by molar-refractivity contribution is -0.121. The number of ether oxygens (including phenoxy) is 2. The summed E-state index contributed by atoms with van der Waals surface area (Å²) in [5, 5.41) is 12.6. The fourth-order valence-electron chi connectivity index (χ4n) is 2.95. The zero-order chi connectivity index (χ0) is 24.2. The van der Waals surface area contributed by atoms with Crippen LogP contribution >= 0.6 is 23.4 Å². The molecule has 1 unspecified atom stereocenters. The maximum absolute atomic E-state index is 12.6. The van der Waals surface area contributed by atoms with Gasteiger partial charge in [-0.3, -0.25) is 9.36 Å². The molecule has 0 saturated carbocycles. The standard InChI is InChI=1S/C24H29ClN4O3S/c1-15-7-8-17(13-20(15)25)29-21(14-32-19-11-9-18(31-6)10-12-19)27-28-23(29)33-16(2)22(30)26-24(3,4)5/h7-13,16H,14H2,1-6H3,(H,26,30). The summed E-state index contributed by atoms with van der Waals surface area (Å²) in [4.78, 5) is 12.6. The van der Waals surface area contributed by atoms with E-state index < -0.39 is 0 Å². The van der Waals surface area contributed by atoms with E-state index in [-0.39, 0.29) is 23.3 Å². The number of hydrogen-bond acceptors (Lipinski definition) is 6. The molecule has 1 amide bonds. The Kier molecular flexibility index (Phi) is 7.92. The van der Waals surface area contributed by atoms with E-state index in [2.05, 4.69) is 15.5 Å². The van der Waals surface area contributed by atoms with Crippen LogP contribution in [0.2, 0.25) is 5.02 Å². The molecule has 0 aliphatic carbocycles. The minimum Gasteiger partial charge on any atom is -0.497 e. The summed E-state index contributed by atoms with van der Waals surface area (Å²) in [7, 11) is 1.62. The lowest BCUT2D eigenvalue weighted by Crippen LogP contribution is -2.44. The zero-order valence-corrected chi connectivity index (χ0v) is 21.3. The maximum Gasteiger partial charge on any atom is 0.233 e. The van der Waals surface area contributed by atoms with Crippen LogP contribution in [0, 0.1) is 6.92 Å². The highest BCUT2D eigenvalue weighted by Crippen LogP contribution is 2.29. The van der Waals surface area contributed by atoms with E-state index in [9.17, 15) is 4.79 Å². The number of aromatic nitrogens is 3. The highest BCUT2D eigenvalue weighted by atomic mass is 35.5. The molecule has 0 bridgehead atoms. The third-order valence-electron chi connectivity index (χ3n) is 4.69. The number of rotatable bonds is 8. The van der Waals surface area contributed by atoms with Crippen molar-refractivity contribution in [3.05, 3.63) is 58.9 Å². The van der Waals surface area contributed by atoms with Gasteiger partial charge in [-0.05, 0) is 76.6 Å². The predicted octanol–water partition coefficient (Wildman–Crippen LogP) is 5.21. The molecule has 1 aromatic heterocycles. The second kappa shape index (κ2) is 10.5. The van der Waals surface area contributed by atoms with Crippen molar-refractivity contribution in [1.29, 1.82) is 0 Å². The van der Waals surface area contributed by atoms with Crippen LogP contribution in [0.25, 0.3) is 5.69 Å². The first-order valence-corrected chi connectivity index (χ1v) is 11.8. The molecule has 3 aromatic rings. The van der Waals surface area contributed by atoms with Crippen molar-refractivity contribution in [1.82, 2.24) is 20.1 Å². The Hall–Kier alpha value is -2.71. The van der Waals surface area contributed by atoms with Gasteiger partial charge in [0.1, 0.15) is 18.1 Å². The van der Waals surface area contributed by atoms with Gasteiger partial charge < -0.3 is 14.8 Å². The molecule has 1 N–H and O–H groups in total. The van der Waals surface area contributed by atoms with Gasteiger partial charge in [0.2, 0.25) is 5.91 Å². The Balaban J connectivity index is 1.88. The molecule has 0 aliphatic rings. The number of hydrogen-bond donors (Lipinski definition) is 1. The van der Waals surface area contributed by atoms with Gasteiger partial charge in [0.05, 0.1) is 18.0 Å². The first-order chi connectivity index (χ1) is 15.6. The smallest absolute Gasteiger partial charge is 0.233 e. The molecule has 3 rings (SSSR count). The number of aryl methyl sites for hydroxylation is 1. The summed E-state index contributed by atoms with van der Waals surface area (Å²) in [5.74, 6) is 1.96. The first kappa shape index (κ1) is 24.9. The van der Waals surface area contributed by atoms with Crippen molar-refractivity contribution in [3.8, 4) is 17.2 Å². The van der Waals surface area contributed by atoms with E-state index in [0.717, 1.165) is 17.0 Å². The number of halogens is 1. The number of nitrogens with zero attached hydrogens (tertiary/aromatic N) is 3. The van der Waals surface area contributed by atoms with Crippen LogP contribution in [0.3, 0.4) is 0 Å². The van der Waals surface area contributed by atoms with E-state index >= 15 is 0 Å². The van der Waals surface area contributed by atoms with Crippen molar-refractivity contribution >= 4 is 29.3 Å². The van der Waals surface area contributed by atoms with E-state index in [1.165, 1.54) is 11.8 Å². The molecule has 0 saturated heterocycles. The molecule has 0 radical (unpaired) electrons. The number of carbonyl (C=O) groups excluding carboxylic acids is 1. The monoisotopic (exact) mass is 488 g/mol. The number of nitrogens with one attached hydrogen (secondary N) is 1. The van der Waals surface area contributed by atoms with Crippen molar-refractivity contribution in [2.45, 2.75) is 57.2 Å². The van der Waals surface area contributed by atoms with Crippen molar-refractivity contribution in [2.24, 2.45) is 0 Å². The van der Waals surface area contributed by atoms with Gasteiger partial charge in [0.25, 0.3) is 0 Å². The lowest BCUT2D eigenvalue weighted by atomic mass is 10.1. The van der Waals surface area contributed by atoms with Gasteiger partial charge in [0, 0.05) is 10.6 Å². The van der Waals surface area contributed by atoms with Crippen LogP contribution in [0.4, 0.5) is 0 Å². The highest BCUT2D eigenvalue weighted by molar-refractivity contribution is 8.00. The molecule has 0 spiro atoms. The summed E-state index contributed by atoms with van der Waals surface area (Å²) in [6, 6.07) is 13.1. The summed E-state index contributed by atoms with van der Waals surface area (Å²) >= 11 is 7.73. The lowest BCUT2D eigenvalue weighted by Gasteiger charge is -2.23. The Morgan fingerprint density at radius 1 is 1.15 bits per heavy atom. The van der Waals surface area contributed by atoms with Gasteiger partial charge in [0.15, 0.2) is 11.0 Å². The van der Waals surface area contributed by atoms with E-state index in [4.69, 9.17) is 21.1 Å². The molecular weight excluding hydrogens is 460 g/mol. The van der Waals surface area contributed by atoms with Crippen LogP contribution in [0.15, 0.2) is 47.6 Å². The number of carbonyl (C=O) groups is 1. The Bertz CT molecular complexity index is 1110. The van der Waals surface area contributed by atoms with Crippen molar-refractivity contribution in [2.75, 3.05) is 7.11 Å². The Labute approximate surface area is 203 Å². The average molecular weight is 489 g/mol. The van der Waals surface area contributed by atoms with E-state index in [0.29, 0.717) is 21.8 Å². The van der Waals surface area contributed by atoms with E-state index in [1.807, 2.05) is 81.7 Å². The van der Waals surface area contributed by atoms with Crippen LogP contribution in [-0.4, -0.2) is 38.6 Å². The minimum absolute atomic E-state index is 0.0694. The molecule has 7 nitrogen and oxygen atoms in total. The van der Waals surface area contributed by atoms with Gasteiger partial charge in [-0.2, -0.15) is 0 Å². The minimum atomic E-state index is -0.372. The molecule has 0 fully saturated rings. The SMILES string of the molecule is COc1ccc(OCc2nnc(SC(C)C(=O)NC(C)(C)C)n2-c2ccc(C)c(Cl)c2)cc1. The van der Waals surface area contributed by atoms with Gasteiger partial charge >= 0.3 is 0 Å². The third kappa shape index (κ3) is 6.65. The second-order valence-corrected chi connectivity index (χ2v) is 10.3. The summed E-state index contributed by atoms with van der Waals surface area (Å²) in [6.45, 7) is 9.84. The van der Waals surface area contributed by atoms with Gasteiger partial charge in [-0.15, -0.1) is 10.2 Å². The number of methoxy groups -OCH3 is 1. The fraction of sp³-hybridized carbons (Fsp3) is 0.375. The normalized spacial score (nSPS) is 12.3. The summed E-state index contributed by atoms with van der Waals surface area (Å²) < 4.78 is 13.0. The molecular formula is C24H29ClN4O3S. The zero-order valence-electron chi connectivity index (χ0n) is 19.7. The Morgan fingerprint density at radius 2 is 1.82 bits per heavy atom. The van der Waals surface area contributed by atoms with Gasteiger partial charge in [-0.1, -0.05) is 29.4 Å².